The van der Waals surface area contributed by atoms with Gasteiger partial charge in [-0.1, -0.05) is 34.6 Å². The van der Waals surface area contributed by atoms with E-state index in [1.165, 1.54) is 12.8 Å². The zero-order chi connectivity index (χ0) is 15.7. The standard InChI is InChI=1S/C18H35NO2/c1-16(2,3)15-7-10-21-14(12-19-15)11-17(4,5)18(8-9-18)13-20-6/h14-15,19H,7-13H2,1-6H3. The Kier molecular flexibility index (Phi) is 5.07. The van der Waals surface area contributed by atoms with E-state index < -0.39 is 0 Å². The summed E-state index contributed by atoms with van der Waals surface area (Å²) in [6.45, 7) is 14.5. The first-order chi connectivity index (χ1) is 9.70. The minimum atomic E-state index is 0.289. The fourth-order valence-corrected chi connectivity index (χ4v) is 3.89. The predicted octanol–water partition coefficient (Wildman–Crippen LogP) is 3.62. The molecule has 21 heavy (non-hydrogen) atoms. The second kappa shape index (κ2) is 6.17. The Morgan fingerprint density at radius 2 is 1.86 bits per heavy atom. The molecule has 2 rings (SSSR count). The van der Waals surface area contributed by atoms with E-state index in [0.29, 0.717) is 23.0 Å². The Balaban J connectivity index is 1.91. The van der Waals surface area contributed by atoms with Crippen molar-refractivity contribution in [2.45, 2.75) is 72.4 Å². The molecule has 2 fully saturated rings. The van der Waals surface area contributed by atoms with Crippen LogP contribution in [0.3, 0.4) is 0 Å². The smallest absolute Gasteiger partial charge is 0.0704 e. The van der Waals surface area contributed by atoms with E-state index in [1.54, 1.807) is 0 Å². The molecule has 0 aromatic rings. The molecule has 0 aromatic heterocycles. The minimum Gasteiger partial charge on any atom is -0.384 e. The molecule has 1 aliphatic carbocycles. The van der Waals surface area contributed by atoms with Crippen LogP contribution in [-0.2, 0) is 9.47 Å². The molecule has 0 aromatic carbocycles. The highest BCUT2D eigenvalue weighted by molar-refractivity contribution is 5.04. The van der Waals surface area contributed by atoms with Gasteiger partial charge in [0, 0.05) is 26.3 Å². The van der Waals surface area contributed by atoms with Crippen LogP contribution in [0.1, 0.15) is 60.3 Å². The lowest BCUT2D eigenvalue weighted by Crippen LogP contribution is -2.43. The lowest BCUT2D eigenvalue weighted by atomic mass is 9.72. The van der Waals surface area contributed by atoms with Gasteiger partial charge in [-0.25, -0.2) is 0 Å². The number of hydrogen-bond acceptors (Lipinski definition) is 3. The Morgan fingerprint density at radius 3 is 2.38 bits per heavy atom. The topological polar surface area (TPSA) is 30.5 Å². The quantitative estimate of drug-likeness (QED) is 0.840. The van der Waals surface area contributed by atoms with Gasteiger partial charge in [-0.05, 0) is 41.9 Å². The second-order valence-electron chi connectivity index (χ2n) is 8.91. The largest absolute Gasteiger partial charge is 0.384 e. The number of hydrogen-bond donors (Lipinski definition) is 1. The Hall–Kier alpha value is -0.120. The fourth-order valence-electron chi connectivity index (χ4n) is 3.89. The van der Waals surface area contributed by atoms with Crippen molar-refractivity contribution >= 4 is 0 Å². The van der Waals surface area contributed by atoms with Crippen LogP contribution in [0.15, 0.2) is 0 Å². The zero-order valence-electron chi connectivity index (χ0n) is 14.9. The first-order valence-electron chi connectivity index (χ1n) is 8.54. The summed E-state index contributed by atoms with van der Waals surface area (Å²) in [7, 11) is 1.83. The molecule has 0 spiro atoms. The predicted molar refractivity (Wildman–Crippen MR) is 87.5 cm³/mol. The van der Waals surface area contributed by atoms with Crippen LogP contribution in [-0.4, -0.2) is 39.0 Å². The summed E-state index contributed by atoms with van der Waals surface area (Å²) in [5.74, 6) is 0. The van der Waals surface area contributed by atoms with Gasteiger partial charge in [0.05, 0.1) is 12.7 Å². The first-order valence-corrected chi connectivity index (χ1v) is 8.54. The van der Waals surface area contributed by atoms with E-state index in [1.807, 2.05) is 7.11 Å². The molecular weight excluding hydrogens is 262 g/mol. The van der Waals surface area contributed by atoms with Crippen molar-refractivity contribution in [3.05, 3.63) is 0 Å². The maximum absolute atomic E-state index is 6.16. The molecule has 0 radical (unpaired) electrons. The van der Waals surface area contributed by atoms with Gasteiger partial charge < -0.3 is 14.8 Å². The Bertz CT molecular complexity index is 342. The third-order valence-corrected chi connectivity index (χ3v) is 5.85. The highest BCUT2D eigenvalue weighted by Crippen LogP contribution is 2.60. The van der Waals surface area contributed by atoms with Crippen LogP contribution < -0.4 is 5.32 Å². The summed E-state index contributed by atoms with van der Waals surface area (Å²) < 4.78 is 11.6. The van der Waals surface area contributed by atoms with Crippen molar-refractivity contribution in [2.75, 3.05) is 26.9 Å². The van der Waals surface area contributed by atoms with Gasteiger partial charge in [0.15, 0.2) is 0 Å². The molecule has 1 aliphatic heterocycles. The van der Waals surface area contributed by atoms with Crippen LogP contribution in [0, 0.1) is 16.2 Å². The summed E-state index contributed by atoms with van der Waals surface area (Å²) in [6, 6.07) is 0.555. The van der Waals surface area contributed by atoms with Crippen LogP contribution in [0.5, 0.6) is 0 Å². The van der Waals surface area contributed by atoms with Crippen molar-refractivity contribution in [3.63, 3.8) is 0 Å². The summed E-state index contributed by atoms with van der Waals surface area (Å²) in [4.78, 5) is 0. The molecule has 2 aliphatic rings. The monoisotopic (exact) mass is 297 g/mol. The zero-order valence-corrected chi connectivity index (χ0v) is 14.9. The molecule has 2 unspecified atom stereocenters. The number of ether oxygens (including phenoxy) is 2. The number of nitrogens with one attached hydrogen (secondary N) is 1. The molecule has 3 nitrogen and oxygen atoms in total. The van der Waals surface area contributed by atoms with Crippen molar-refractivity contribution < 1.29 is 9.47 Å². The lowest BCUT2D eigenvalue weighted by molar-refractivity contribution is -0.00774. The van der Waals surface area contributed by atoms with Crippen LogP contribution in [0.2, 0.25) is 0 Å². The fraction of sp³-hybridized carbons (Fsp3) is 1.00. The molecule has 124 valence electrons. The van der Waals surface area contributed by atoms with E-state index in [-0.39, 0.29) is 5.41 Å². The average Bonchev–Trinajstić information content (AvgIpc) is 3.13. The normalized spacial score (nSPS) is 30.0. The molecule has 2 atom stereocenters. The van der Waals surface area contributed by atoms with Crippen molar-refractivity contribution in [2.24, 2.45) is 16.2 Å². The molecule has 1 saturated heterocycles. The third kappa shape index (κ3) is 4.00. The Labute approximate surface area is 131 Å². The van der Waals surface area contributed by atoms with Gasteiger partial charge in [0.25, 0.3) is 0 Å². The molecule has 3 heteroatoms. The van der Waals surface area contributed by atoms with Crippen LogP contribution in [0.25, 0.3) is 0 Å². The van der Waals surface area contributed by atoms with Gasteiger partial charge in [-0.15, -0.1) is 0 Å². The van der Waals surface area contributed by atoms with Crippen molar-refractivity contribution in [1.82, 2.24) is 5.32 Å². The molecule has 0 bridgehead atoms. The number of methoxy groups -OCH3 is 1. The van der Waals surface area contributed by atoms with E-state index >= 15 is 0 Å². The van der Waals surface area contributed by atoms with Gasteiger partial charge in [0.2, 0.25) is 0 Å². The molecule has 1 N–H and O–H groups in total. The van der Waals surface area contributed by atoms with E-state index in [9.17, 15) is 0 Å². The molecule has 0 amide bonds. The molecule has 1 saturated carbocycles. The summed E-state index contributed by atoms with van der Waals surface area (Å²) in [5.41, 5.74) is 0.985. The maximum atomic E-state index is 6.16. The summed E-state index contributed by atoms with van der Waals surface area (Å²) in [5, 5.41) is 3.74. The van der Waals surface area contributed by atoms with E-state index in [4.69, 9.17) is 9.47 Å². The third-order valence-electron chi connectivity index (χ3n) is 5.85. The van der Waals surface area contributed by atoms with Gasteiger partial charge in [-0.3, -0.25) is 0 Å². The highest BCUT2D eigenvalue weighted by atomic mass is 16.5. The van der Waals surface area contributed by atoms with E-state index in [0.717, 1.165) is 32.6 Å². The average molecular weight is 297 g/mol. The summed E-state index contributed by atoms with van der Waals surface area (Å²) >= 11 is 0. The number of rotatable bonds is 5. The minimum absolute atomic E-state index is 0.289. The first kappa shape index (κ1) is 17.2. The van der Waals surface area contributed by atoms with E-state index in [2.05, 4.69) is 39.9 Å². The SMILES string of the molecule is COCC1(C(C)(C)CC2CNC(C(C)(C)C)CCO2)CC1. The van der Waals surface area contributed by atoms with Crippen molar-refractivity contribution in [3.8, 4) is 0 Å². The van der Waals surface area contributed by atoms with Crippen molar-refractivity contribution in [1.29, 1.82) is 0 Å². The Morgan fingerprint density at radius 1 is 1.19 bits per heavy atom. The van der Waals surface area contributed by atoms with Gasteiger partial charge in [0.1, 0.15) is 0 Å². The molecule has 1 heterocycles. The maximum Gasteiger partial charge on any atom is 0.0704 e. The second-order valence-corrected chi connectivity index (χ2v) is 8.91. The summed E-state index contributed by atoms with van der Waals surface area (Å²) in [6.07, 6.45) is 5.18. The van der Waals surface area contributed by atoms with Gasteiger partial charge in [-0.2, -0.15) is 0 Å². The van der Waals surface area contributed by atoms with Gasteiger partial charge >= 0.3 is 0 Å². The van der Waals surface area contributed by atoms with Crippen LogP contribution in [0.4, 0.5) is 0 Å². The highest BCUT2D eigenvalue weighted by Gasteiger charge is 2.54. The van der Waals surface area contributed by atoms with Crippen LogP contribution >= 0.6 is 0 Å². The lowest BCUT2D eigenvalue weighted by Gasteiger charge is -2.37. The molecular formula is C18H35NO2.